The van der Waals surface area contributed by atoms with Crippen molar-refractivity contribution in [3.05, 3.63) is 41.4 Å². The summed E-state index contributed by atoms with van der Waals surface area (Å²) in [5.74, 6) is -0.788. The third kappa shape index (κ3) is 4.14. The van der Waals surface area contributed by atoms with Gasteiger partial charge in [0, 0.05) is 28.9 Å². The van der Waals surface area contributed by atoms with Gasteiger partial charge in [0.05, 0.1) is 13.5 Å². The summed E-state index contributed by atoms with van der Waals surface area (Å²) in [5.41, 5.74) is 0. The van der Waals surface area contributed by atoms with Crippen LogP contribution in [-0.4, -0.2) is 55.5 Å². The van der Waals surface area contributed by atoms with Crippen molar-refractivity contribution < 1.29 is 23.9 Å². The predicted octanol–water partition coefficient (Wildman–Crippen LogP) is 1.76. The van der Waals surface area contributed by atoms with Crippen LogP contribution in [-0.2, 0) is 19.1 Å². The van der Waals surface area contributed by atoms with Crippen molar-refractivity contribution in [3.8, 4) is 5.75 Å². The maximum Gasteiger partial charge on any atom is 0.308 e. The summed E-state index contributed by atoms with van der Waals surface area (Å²) in [7, 11) is 1.24. The summed E-state index contributed by atoms with van der Waals surface area (Å²) in [6, 6.07) is 9.96. The Balaban J connectivity index is 1.74. The molecule has 1 N–H and O–H groups in total. The minimum Gasteiger partial charge on any atom is -0.483 e. The van der Waals surface area contributed by atoms with E-state index >= 15 is 0 Å². The summed E-state index contributed by atoms with van der Waals surface area (Å²) in [6.07, 6.45) is -0.196. The maximum atomic E-state index is 12.6. The number of halogens is 1. The number of piperazine rings is 1. The highest BCUT2D eigenvalue weighted by molar-refractivity contribution is 6.35. The van der Waals surface area contributed by atoms with Crippen LogP contribution in [0.5, 0.6) is 5.75 Å². The molecule has 0 radical (unpaired) electrons. The van der Waals surface area contributed by atoms with Gasteiger partial charge in [0.15, 0.2) is 6.61 Å². The predicted molar refractivity (Wildman–Crippen MR) is 99.6 cm³/mol. The smallest absolute Gasteiger partial charge is 0.308 e. The van der Waals surface area contributed by atoms with Gasteiger partial charge < -0.3 is 19.7 Å². The van der Waals surface area contributed by atoms with Gasteiger partial charge in [-0.05, 0) is 12.1 Å². The van der Waals surface area contributed by atoms with Gasteiger partial charge in [-0.1, -0.05) is 35.9 Å². The highest BCUT2D eigenvalue weighted by Gasteiger charge is 2.35. The summed E-state index contributed by atoms with van der Waals surface area (Å²) >= 11 is 6.19. The largest absolute Gasteiger partial charge is 0.483 e. The summed E-state index contributed by atoms with van der Waals surface area (Å²) in [4.78, 5) is 37.6. The second-order valence-corrected chi connectivity index (χ2v) is 6.46. The van der Waals surface area contributed by atoms with E-state index in [1.54, 1.807) is 12.1 Å². The number of methoxy groups -OCH3 is 1. The summed E-state index contributed by atoms with van der Waals surface area (Å²) in [5, 5.41) is 4.86. The number of fused-ring (bicyclic) bond motifs is 1. The summed E-state index contributed by atoms with van der Waals surface area (Å²) in [6.45, 7) is 0.375. The molecule has 0 spiro atoms. The Morgan fingerprint density at radius 2 is 1.96 bits per heavy atom. The number of rotatable bonds is 5. The van der Waals surface area contributed by atoms with E-state index in [9.17, 15) is 14.4 Å². The van der Waals surface area contributed by atoms with Gasteiger partial charge in [0.25, 0.3) is 5.91 Å². The van der Waals surface area contributed by atoms with Gasteiger partial charge in [0.2, 0.25) is 5.91 Å². The molecule has 3 rings (SSSR count). The zero-order valence-corrected chi connectivity index (χ0v) is 15.5. The van der Waals surface area contributed by atoms with Gasteiger partial charge in [-0.25, -0.2) is 0 Å². The lowest BCUT2D eigenvalue weighted by Crippen LogP contribution is -2.58. The molecule has 0 saturated carbocycles. The van der Waals surface area contributed by atoms with E-state index in [2.05, 4.69) is 10.1 Å². The maximum absolute atomic E-state index is 12.6. The molecule has 0 bridgehead atoms. The molecule has 7 nitrogen and oxygen atoms in total. The third-order valence-corrected chi connectivity index (χ3v) is 4.75. The van der Waals surface area contributed by atoms with Crippen molar-refractivity contribution in [2.75, 3.05) is 26.8 Å². The van der Waals surface area contributed by atoms with Crippen LogP contribution in [0, 0.1) is 0 Å². The van der Waals surface area contributed by atoms with Crippen molar-refractivity contribution in [1.82, 2.24) is 10.2 Å². The van der Waals surface area contributed by atoms with Gasteiger partial charge in [-0.3, -0.25) is 14.4 Å². The van der Waals surface area contributed by atoms with Crippen molar-refractivity contribution >= 4 is 40.2 Å². The minimum absolute atomic E-state index is 0.196. The number of hydrogen-bond donors (Lipinski definition) is 1. The molecule has 0 aromatic heterocycles. The molecule has 1 atom stereocenters. The molecule has 1 aliphatic rings. The Kier molecular flexibility index (Phi) is 5.81. The average molecular weight is 391 g/mol. The first-order chi connectivity index (χ1) is 13.0. The van der Waals surface area contributed by atoms with E-state index in [4.69, 9.17) is 16.3 Å². The molecule has 2 amide bonds. The molecular weight excluding hydrogens is 372 g/mol. The lowest BCUT2D eigenvalue weighted by atomic mass is 10.1. The molecule has 1 aliphatic heterocycles. The molecule has 27 heavy (non-hydrogen) atoms. The second kappa shape index (κ2) is 8.26. The van der Waals surface area contributed by atoms with Crippen LogP contribution >= 0.6 is 11.6 Å². The molecule has 8 heteroatoms. The number of hydrogen-bond acceptors (Lipinski definition) is 5. The molecule has 0 aliphatic carbocycles. The fraction of sp³-hybridized carbons (Fsp3) is 0.316. The van der Waals surface area contributed by atoms with Crippen LogP contribution in [0.2, 0.25) is 5.02 Å². The zero-order chi connectivity index (χ0) is 19.4. The fourth-order valence-electron chi connectivity index (χ4n) is 3.04. The van der Waals surface area contributed by atoms with Crippen LogP contribution in [0.15, 0.2) is 36.4 Å². The van der Waals surface area contributed by atoms with E-state index in [0.717, 1.165) is 10.8 Å². The van der Waals surface area contributed by atoms with E-state index in [1.807, 2.05) is 24.3 Å². The fourth-order valence-corrected chi connectivity index (χ4v) is 3.27. The Bertz CT molecular complexity index is 886. The summed E-state index contributed by atoms with van der Waals surface area (Å²) < 4.78 is 10.3. The van der Waals surface area contributed by atoms with E-state index in [1.165, 1.54) is 12.0 Å². The van der Waals surface area contributed by atoms with Gasteiger partial charge in [-0.2, -0.15) is 0 Å². The van der Waals surface area contributed by atoms with Gasteiger partial charge in [0.1, 0.15) is 11.8 Å². The standard InChI is InChI=1S/C19H19ClN2O5/c1-26-18(24)10-15-19(25)21-8-9-22(15)17(23)11-27-16-7-6-14(20)12-4-2-3-5-13(12)16/h2-7,15H,8-11H2,1H3,(H,21,25)/t15-/m0/s1. The Hall–Kier alpha value is -2.80. The zero-order valence-electron chi connectivity index (χ0n) is 14.7. The molecule has 1 fully saturated rings. The van der Waals surface area contributed by atoms with Crippen LogP contribution in [0.3, 0.4) is 0 Å². The van der Waals surface area contributed by atoms with Crippen molar-refractivity contribution in [2.24, 2.45) is 0 Å². The number of benzene rings is 2. The van der Waals surface area contributed by atoms with Crippen LogP contribution in [0.1, 0.15) is 6.42 Å². The van der Waals surface area contributed by atoms with Crippen molar-refractivity contribution in [1.29, 1.82) is 0 Å². The van der Waals surface area contributed by atoms with E-state index in [0.29, 0.717) is 23.9 Å². The molecule has 142 valence electrons. The first kappa shape index (κ1) is 19.0. The average Bonchev–Trinajstić information content (AvgIpc) is 2.69. The molecule has 2 aromatic rings. The number of ether oxygens (including phenoxy) is 2. The molecule has 1 saturated heterocycles. The van der Waals surface area contributed by atoms with Crippen LogP contribution in [0.25, 0.3) is 10.8 Å². The van der Waals surface area contributed by atoms with Crippen molar-refractivity contribution in [3.63, 3.8) is 0 Å². The van der Waals surface area contributed by atoms with E-state index in [-0.39, 0.29) is 24.8 Å². The third-order valence-electron chi connectivity index (χ3n) is 4.42. The van der Waals surface area contributed by atoms with Crippen LogP contribution < -0.4 is 10.1 Å². The van der Waals surface area contributed by atoms with E-state index < -0.39 is 12.0 Å². The number of amides is 2. The molecule has 1 heterocycles. The number of carbonyl (C=O) groups excluding carboxylic acids is 3. The Labute approximate surface area is 161 Å². The SMILES string of the molecule is COC(=O)C[C@H]1C(=O)NCCN1C(=O)COc1ccc(Cl)c2ccccc12. The lowest BCUT2D eigenvalue weighted by molar-refractivity contribution is -0.151. The Morgan fingerprint density at radius 1 is 1.22 bits per heavy atom. The highest BCUT2D eigenvalue weighted by Crippen LogP contribution is 2.31. The molecular formula is C19H19ClN2O5. The Morgan fingerprint density at radius 3 is 2.70 bits per heavy atom. The first-order valence-corrected chi connectivity index (χ1v) is 8.83. The number of nitrogens with zero attached hydrogens (tertiary/aromatic N) is 1. The molecule has 0 unspecified atom stereocenters. The first-order valence-electron chi connectivity index (χ1n) is 8.45. The number of carbonyl (C=O) groups is 3. The minimum atomic E-state index is -0.899. The molecule has 2 aromatic carbocycles. The highest BCUT2D eigenvalue weighted by atomic mass is 35.5. The quantitative estimate of drug-likeness (QED) is 0.786. The van der Waals surface area contributed by atoms with Gasteiger partial charge in [-0.15, -0.1) is 0 Å². The number of nitrogens with one attached hydrogen (secondary N) is 1. The van der Waals surface area contributed by atoms with Crippen LogP contribution in [0.4, 0.5) is 0 Å². The van der Waals surface area contributed by atoms with Crippen molar-refractivity contribution in [2.45, 2.75) is 12.5 Å². The number of esters is 1. The normalized spacial score (nSPS) is 16.7. The monoisotopic (exact) mass is 390 g/mol. The second-order valence-electron chi connectivity index (χ2n) is 6.05. The van der Waals surface area contributed by atoms with Gasteiger partial charge >= 0.3 is 5.97 Å². The lowest BCUT2D eigenvalue weighted by Gasteiger charge is -2.34. The topological polar surface area (TPSA) is 84.9 Å².